The summed E-state index contributed by atoms with van der Waals surface area (Å²) in [5.41, 5.74) is 2.35. The highest BCUT2D eigenvalue weighted by Gasteiger charge is 2.39. The molecule has 4 aromatic rings. The monoisotopic (exact) mass is 546 g/mol. The number of halogens is 2. The van der Waals surface area contributed by atoms with Gasteiger partial charge in [0, 0.05) is 49.5 Å². The van der Waals surface area contributed by atoms with E-state index in [1.54, 1.807) is 6.07 Å². The van der Waals surface area contributed by atoms with Gasteiger partial charge in [0.05, 0.1) is 11.7 Å². The van der Waals surface area contributed by atoms with E-state index in [0.29, 0.717) is 28.8 Å². The van der Waals surface area contributed by atoms with Crippen LogP contribution in [0.1, 0.15) is 57.6 Å². The molecule has 2 aliphatic rings. The molecule has 0 amide bonds. The molecule has 5 heterocycles. The molecule has 8 nitrogen and oxygen atoms in total. The van der Waals surface area contributed by atoms with Gasteiger partial charge in [-0.15, -0.1) is 0 Å². The predicted octanol–water partition coefficient (Wildman–Crippen LogP) is 5.89. The van der Waals surface area contributed by atoms with Crippen LogP contribution in [-0.2, 0) is 0 Å². The van der Waals surface area contributed by atoms with Crippen LogP contribution in [0.3, 0.4) is 0 Å². The molecule has 3 atom stereocenters. The lowest BCUT2D eigenvalue weighted by Crippen LogP contribution is -2.43. The van der Waals surface area contributed by atoms with Gasteiger partial charge in [-0.1, -0.05) is 13.0 Å². The highest BCUT2D eigenvalue weighted by Crippen LogP contribution is 2.34. The molecule has 0 unspecified atom stereocenters. The molecule has 210 valence electrons. The summed E-state index contributed by atoms with van der Waals surface area (Å²) in [6.45, 7) is 14.8. The summed E-state index contributed by atoms with van der Waals surface area (Å²) in [5.74, 6) is 1.03. The van der Waals surface area contributed by atoms with Crippen LogP contribution < -0.4 is 5.32 Å². The number of hydrogen-bond acceptors (Lipinski definition) is 7. The van der Waals surface area contributed by atoms with Gasteiger partial charge in [0.1, 0.15) is 22.9 Å². The third-order valence-corrected chi connectivity index (χ3v) is 8.47. The van der Waals surface area contributed by atoms with E-state index in [1.807, 2.05) is 37.6 Å². The summed E-state index contributed by atoms with van der Waals surface area (Å²) in [6, 6.07) is 7.95. The Morgan fingerprint density at radius 2 is 1.82 bits per heavy atom. The Hall–Kier alpha value is -3.50. The third-order valence-electron chi connectivity index (χ3n) is 8.47. The molecule has 6 rings (SSSR count). The zero-order valence-corrected chi connectivity index (χ0v) is 23.7. The maximum Gasteiger partial charge on any atom is 0.229 e. The average molecular weight is 547 g/mol. The van der Waals surface area contributed by atoms with Gasteiger partial charge in [-0.25, -0.2) is 28.7 Å². The fourth-order valence-electron chi connectivity index (χ4n) is 6.53. The number of aromatic nitrogens is 5. The Balaban J connectivity index is 1.21. The van der Waals surface area contributed by atoms with Crippen molar-refractivity contribution in [2.75, 3.05) is 31.5 Å². The minimum Gasteiger partial charge on any atom is -0.326 e. The van der Waals surface area contributed by atoms with Crippen LogP contribution in [0.4, 0.5) is 20.5 Å². The molecular weight excluding hydrogens is 510 g/mol. The summed E-state index contributed by atoms with van der Waals surface area (Å²) in [4.78, 5) is 22.6. The van der Waals surface area contributed by atoms with Crippen molar-refractivity contribution >= 4 is 22.8 Å². The SMILES string of the molecule is CCN1C[C@H]2C[C@@H]1CN([C@H](C)c1ccc(Nc3ncc(F)c(-c4cc(F)c5nc(C)n(C(C)C)c5c4)n3)nc1)C2. The fraction of sp³-hybridized carbons (Fsp3) is 0.467. The van der Waals surface area contributed by atoms with Gasteiger partial charge in [-0.2, -0.15) is 0 Å². The molecule has 2 fully saturated rings. The van der Waals surface area contributed by atoms with E-state index >= 15 is 4.39 Å². The molecule has 0 aliphatic carbocycles. The van der Waals surface area contributed by atoms with Gasteiger partial charge >= 0.3 is 0 Å². The number of piperidine rings is 1. The second-order valence-electron chi connectivity index (χ2n) is 11.4. The molecular formula is C30H36F2N8. The Kier molecular flexibility index (Phi) is 7.00. The molecule has 0 spiro atoms. The number of likely N-dealkylation sites (N-methyl/N-ethyl adjacent to an activating group) is 1. The largest absolute Gasteiger partial charge is 0.326 e. The number of imidazole rings is 1. The summed E-state index contributed by atoms with van der Waals surface area (Å²) < 4.78 is 31.8. The zero-order chi connectivity index (χ0) is 28.1. The Morgan fingerprint density at radius 3 is 2.55 bits per heavy atom. The van der Waals surface area contributed by atoms with E-state index in [9.17, 15) is 4.39 Å². The molecule has 2 bridgehead atoms. The van der Waals surface area contributed by atoms with Crippen LogP contribution in [0.25, 0.3) is 22.3 Å². The number of pyridine rings is 1. The number of benzene rings is 1. The molecule has 3 aromatic heterocycles. The van der Waals surface area contributed by atoms with Crippen molar-refractivity contribution in [3.63, 3.8) is 0 Å². The molecule has 10 heteroatoms. The lowest BCUT2D eigenvalue weighted by molar-refractivity contribution is 0.127. The average Bonchev–Trinajstić information content (AvgIpc) is 3.43. The normalized spacial score (nSPS) is 20.5. The second-order valence-corrected chi connectivity index (χ2v) is 11.4. The number of hydrogen-bond donors (Lipinski definition) is 1. The number of rotatable bonds is 7. The molecule has 1 aromatic carbocycles. The Morgan fingerprint density at radius 1 is 1.00 bits per heavy atom. The first kappa shape index (κ1) is 26.7. The number of likely N-dealkylation sites (tertiary alicyclic amines) is 2. The molecule has 40 heavy (non-hydrogen) atoms. The summed E-state index contributed by atoms with van der Waals surface area (Å²) in [5, 5.41) is 3.08. The summed E-state index contributed by atoms with van der Waals surface area (Å²) in [6.07, 6.45) is 4.28. The van der Waals surface area contributed by atoms with Gasteiger partial charge in [0.25, 0.3) is 0 Å². The van der Waals surface area contributed by atoms with E-state index in [2.05, 4.69) is 55.0 Å². The second kappa shape index (κ2) is 10.5. The van der Waals surface area contributed by atoms with Crippen LogP contribution in [0.5, 0.6) is 0 Å². The Labute approximate surface area is 233 Å². The third kappa shape index (κ3) is 4.83. The van der Waals surface area contributed by atoms with E-state index in [-0.39, 0.29) is 29.2 Å². The molecule has 2 aliphatic heterocycles. The van der Waals surface area contributed by atoms with E-state index < -0.39 is 11.6 Å². The number of nitrogens with one attached hydrogen (secondary N) is 1. The topological polar surface area (TPSA) is 75.0 Å². The number of aryl methyl sites for hydroxylation is 1. The highest BCUT2D eigenvalue weighted by molar-refractivity contribution is 5.83. The Bertz CT molecular complexity index is 1530. The van der Waals surface area contributed by atoms with Crippen molar-refractivity contribution < 1.29 is 8.78 Å². The highest BCUT2D eigenvalue weighted by atomic mass is 19.1. The first-order chi connectivity index (χ1) is 19.2. The molecule has 0 radical (unpaired) electrons. The number of fused-ring (bicyclic) bond motifs is 3. The molecule has 0 saturated carbocycles. The van der Waals surface area contributed by atoms with Crippen molar-refractivity contribution in [2.24, 2.45) is 5.92 Å². The minimum absolute atomic E-state index is 0.0125. The standard InChI is InChI=1S/C30H36F2N8/c1-6-38-14-20-9-23(38)16-39(15-20)18(4)21-7-8-27(33-12-21)36-30-34-13-25(32)28(37-30)22-10-24(31)29-26(11-22)40(17(2)3)19(5)35-29/h7-8,10-13,17-18,20,23H,6,9,14-16H2,1-5H3,(H,33,34,36,37)/t18-,20-,23-/m1/s1. The van der Waals surface area contributed by atoms with Crippen molar-refractivity contribution in [1.82, 2.24) is 34.3 Å². The van der Waals surface area contributed by atoms with Gasteiger partial charge < -0.3 is 9.88 Å². The van der Waals surface area contributed by atoms with Crippen molar-refractivity contribution in [3.8, 4) is 11.3 Å². The van der Waals surface area contributed by atoms with Gasteiger partial charge in [-0.05, 0) is 70.3 Å². The maximum absolute atomic E-state index is 15.0. The lowest BCUT2D eigenvalue weighted by Gasteiger charge is -2.37. The lowest BCUT2D eigenvalue weighted by atomic mass is 9.97. The van der Waals surface area contributed by atoms with Crippen LogP contribution in [0.15, 0.2) is 36.7 Å². The first-order valence-corrected chi connectivity index (χ1v) is 14.1. The molecule has 2 saturated heterocycles. The quantitative estimate of drug-likeness (QED) is 0.310. The fourth-order valence-corrected chi connectivity index (χ4v) is 6.53. The van der Waals surface area contributed by atoms with Crippen LogP contribution in [0.2, 0.25) is 0 Å². The maximum atomic E-state index is 15.0. The van der Waals surface area contributed by atoms with E-state index in [4.69, 9.17) is 0 Å². The van der Waals surface area contributed by atoms with Crippen molar-refractivity contribution in [3.05, 3.63) is 59.7 Å². The summed E-state index contributed by atoms with van der Waals surface area (Å²) in [7, 11) is 0. The van der Waals surface area contributed by atoms with Gasteiger partial charge in [-0.3, -0.25) is 9.80 Å². The predicted molar refractivity (Wildman–Crippen MR) is 152 cm³/mol. The van der Waals surface area contributed by atoms with Crippen LogP contribution in [-0.4, -0.2) is 66.5 Å². The van der Waals surface area contributed by atoms with E-state index in [0.717, 1.165) is 37.3 Å². The first-order valence-electron chi connectivity index (χ1n) is 14.1. The zero-order valence-electron chi connectivity index (χ0n) is 23.7. The minimum atomic E-state index is -0.633. The van der Waals surface area contributed by atoms with Crippen molar-refractivity contribution in [2.45, 2.75) is 59.2 Å². The number of nitrogens with zero attached hydrogens (tertiary/aromatic N) is 7. The molecule has 1 N–H and O–H groups in total. The smallest absolute Gasteiger partial charge is 0.229 e. The van der Waals surface area contributed by atoms with Gasteiger partial charge in [0.15, 0.2) is 11.6 Å². The summed E-state index contributed by atoms with van der Waals surface area (Å²) >= 11 is 0. The van der Waals surface area contributed by atoms with Crippen molar-refractivity contribution in [1.29, 1.82) is 0 Å². The van der Waals surface area contributed by atoms with Crippen LogP contribution >= 0.6 is 0 Å². The number of anilines is 2. The van der Waals surface area contributed by atoms with Crippen LogP contribution in [0, 0.1) is 24.5 Å². The van der Waals surface area contributed by atoms with Gasteiger partial charge in [0.2, 0.25) is 5.95 Å². The van der Waals surface area contributed by atoms with E-state index in [1.165, 1.54) is 19.0 Å².